The third kappa shape index (κ3) is 3.00. The maximum absolute atomic E-state index is 13.4. The Balaban J connectivity index is 2.50. The Morgan fingerprint density at radius 3 is 1.75 bits per heavy atom. The van der Waals surface area contributed by atoms with Crippen molar-refractivity contribution in [1.29, 1.82) is 0 Å². The Bertz CT molecular complexity index is 579. The van der Waals surface area contributed by atoms with Crippen LogP contribution in [0.4, 0.5) is 0 Å². The molecule has 1 atom stereocenters. The molecule has 0 amide bonds. The molecule has 0 spiro atoms. The number of carboxylic acid groups (broad SMARTS) is 1. The Morgan fingerprint density at radius 1 is 1.00 bits per heavy atom. The minimum atomic E-state index is -2.95. The van der Waals surface area contributed by atoms with Crippen LogP contribution in [0.25, 0.3) is 0 Å². The summed E-state index contributed by atoms with van der Waals surface area (Å²) >= 11 is 0. The van der Waals surface area contributed by atoms with Crippen molar-refractivity contribution in [2.45, 2.75) is 6.92 Å². The Kier molecular flexibility index (Phi) is 4.41. The van der Waals surface area contributed by atoms with Crippen LogP contribution < -0.4 is 15.7 Å². The number of carbonyl (C=O) groups is 1. The van der Waals surface area contributed by atoms with Gasteiger partial charge in [0.2, 0.25) is 0 Å². The lowest BCUT2D eigenvalue weighted by Crippen LogP contribution is -2.34. The molecule has 20 heavy (non-hydrogen) atoms. The number of aliphatic carboxylic acids is 1. The highest BCUT2D eigenvalue weighted by Crippen LogP contribution is 2.44. The number of rotatable bonds is 5. The molecule has 0 aliphatic heterocycles. The average Bonchev–Trinajstić information content (AvgIpc) is 2.48. The molecule has 1 unspecified atom stereocenters. The van der Waals surface area contributed by atoms with Gasteiger partial charge < -0.3 is 14.5 Å². The molecule has 0 aromatic heterocycles. The van der Waals surface area contributed by atoms with E-state index in [1.165, 1.54) is 6.92 Å². The number of carboxylic acids is 1. The van der Waals surface area contributed by atoms with E-state index < -0.39 is 19.0 Å². The number of benzene rings is 2. The fraction of sp³-hybridized carbons (Fsp3) is 0.188. The van der Waals surface area contributed by atoms with Gasteiger partial charge in [-0.2, -0.15) is 0 Å². The Labute approximate surface area is 118 Å². The standard InChI is InChI=1S/C16H17O3P/c1-13(16(17)18)12-20(19,14-8-4-2-5-9-14)15-10-6-3-7-11-15/h2-11,13H,12H2,1H3,(H,17,18)/p-1. The van der Waals surface area contributed by atoms with Crippen LogP contribution in [0, 0.1) is 5.92 Å². The van der Waals surface area contributed by atoms with E-state index in [1.54, 1.807) is 24.3 Å². The fourth-order valence-corrected chi connectivity index (χ4v) is 5.11. The molecular formula is C16H16O3P-. The van der Waals surface area contributed by atoms with Gasteiger partial charge >= 0.3 is 0 Å². The second-order valence-electron chi connectivity index (χ2n) is 4.81. The van der Waals surface area contributed by atoms with E-state index in [1.807, 2.05) is 36.4 Å². The minimum absolute atomic E-state index is 0.0728. The van der Waals surface area contributed by atoms with Gasteiger partial charge in [-0.05, 0) is 0 Å². The van der Waals surface area contributed by atoms with Crippen LogP contribution in [0.2, 0.25) is 0 Å². The summed E-state index contributed by atoms with van der Waals surface area (Å²) < 4.78 is 13.4. The summed E-state index contributed by atoms with van der Waals surface area (Å²) in [5, 5.41) is 12.4. The molecular weight excluding hydrogens is 271 g/mol. The SMILES string of the molecule is CC(CP(=O)(c1ccccc1)c1ccccc1)C(=O)[O-]. The van der Waals surface area contributed by atoms with Crippen LogP contribution in [0.5, 0.6) is 0 Å². The zero-order valence-electron chi connectivity index (χ0n) is 11.2. The van der Waals surface area contributed by atoms with Gasteiger partial charge in [-0.25, -0.2) is 0 Å². The second kappa shape index (κ2) is 6.06. The lowest BCUT2D eigenvalue weighted by Gasteiger charge is -2.23. The first-order valence-corrected chi connectivity index (χ1v) is 8.34. The van der Waals surface area contributed by atoms with E-state index in [4.69, 9.17) is 0 Å². The van der Waals surface area contributed by atoms with E-state index >= 15 is 0 Å². The quantitative estimate of drug-likeness (QED) is 0.781. The summed E-state index contributed by atoms with van der Waals surface area (Å²) in [5.41, 5.74) is 0. The molecule has 4 heteroatoms. The molecule has 104 valence electrons. The Hall–Kier alpha value is -1.86. The molecule has 0 bridgehead atoms. The monoisotopic (exact) mass is 287 g/mol. The molecule has 0 aliphatic rings. The molecule has 0 saturated carbocycles. The summed E-state index contributed by atoms with van der Waals surface area (Å²) in [7, 11) is -2.95. The normalized spacial score (nSPS) is 12.8. The van der Waals surface area contributed by atoms with Crippen molar-refractivity contribution in [2.75, 3.05) is 6.16 Å². The van der Waals surface area contributed by atoms with E-state index in [-0.39, 0.29) is 6.16 Å². The third-order valence-electron chi connectivity index (χ3n) is 3.28. The van der Waals surface area contributed by atoms with Crippen molar-refractivity contribution in [3.63, 3.8) is 0 Å². The maximum atomic E-state index is 13.4. The fourth-order valence-electron chi connectivity index (χ4n) is 2.16. The summed E-state index contributed by atoms with van der Waals surface area (Å²) in [6.45, 7) is 1.54. The van der Waals surface area contributed by atoms with E-state index in [9.17, 15) is 14.5 Å². The smallest absolute Gasteiger partial charge is 0.143 e. The van der Waals surface area contributed by atoms with Crippen molar-refractivity contribution in [1.82, 2.24) is 0 Å². The molecule has 0 heterocycles. The molecule has 3 nitrogen and oxygen atoms in total. The van der Waals surface area contributed by atoms with Crippen LogP contribution in [0.3, 0.4) is 0 Å². The Morgan fingerprint density at radius 2 is 1.40 bits per heavy atom. The van der Waals surface area contributed by atoms with E-state index in [0.717, 1.165) is 0 Å². The van der Waals surface area contributed by atoms with Gasteiger partial charge in [0.05, 0.1) is 0 Å². The lowest BCUT2D eigenvalue weighted by molar-refractivity contribution is -0.310. The van der Waals surface area contributed by atoms with Gasteiger partial charge in [-0.3, -0.25) is 0 Å². The topological polar surface area (TPSA) is 57.2 Å². The first-order chi connectivity index (χ1) is 9.54. The van der Waals surface area contributed by atoms with Crippen LogP contribution in [-0.2, 0) is 9.36 Å². The van der Waals surface area contributed by atoms with Gasteiger partial charge in [0, 0.05) is 28.7 Å². The molecule has 0 radical (unpaired) electrons. The van der Waals surface area contributed by atoms with Crippen LogP contribution in [0.15, 0.2) is 60.7 Å². The highest BCUT2D eigenvalue weighted by Gasteiger charge is 2.29. The summed E-state index contributed by atoms with van der Waals surface area (Å²) in [5.74, 6) is -1.93. The van der Waals surface area contributed by atoms with Gasteiger partial charge in [-0.1, -0.05) is 67.6 Å². The van der Waals surface area contributed by atoms with E-state index in [0.29, 0.717) is 10.6 Å². The first-order valence-electron chi connectivity index (χ1n) is 6.45. The molecule has 0 saturated heterocycles. The van der Waals surface area contributed by atoms with Crippen molar-refractivity contribution in [2.24, 2.45) is 5.92 Å². The largest absolute Gasteiger partial charge is 0.550 e. The van der Waals surface area contributed by atoms with Crippen molar-refractivity contribution >= 4 is 23.7 Å². The van der Waals surface area contributed by atoms with Crippen LogP contribution in [-0.4, -0.2) is 12.1 Å². The maximum Gasteiger partial charge on any atom is 0.143 e. The predicted molar refractivity (Wildman–Crippen MR) is 78.8 cm³/mol. The minimum Gasteiger partial charge on any atom is -0.550 e. The zero-order chi connectivity index (χ0) is 14.6. The highest BCUT2D eigenvalue weighted by molar-refractivity contribution is 7.78. The second-order valence-corrected chi connectivity index (χ2v) is 7.69. The highest BCUT2D eigenvalue weighted by atomic mass is 31.2. The number of hydrogen-bond donors (Lipinski definition) is 0. The molecule has 2 aromatic rings. The number of hydrogen-bond acceptors (Lipinski definition) is 3. The summed E-state index contributed by atoms with van der Waals surface area (Å²) in [6, 6.07) is 18.1. The van der Waals surface area contributed by atoms with Crippen molar-refractivity contribution in [3.8, 4) is 0 Å². The van der Waals surface area contributed by atoms with Gasteiger partial charge in [-0.15, -0.1) is 0 Å². The van der Waals surface area contributed by atoms with Crippen molar-refractivity contribution < 1.29 is 14.5 Å². The molecule has 2 rings (SSSR count). The average molecular weight is 287 g/mol. The molecule has 0 N–H and O–H groups in total. The van der Waals surface area contributed by atoms with Gasteiger partial charge in [0.1, 0.15) is 7.14 Å². The summed E-state index contributed by atoms with van der Waals surface area (Å²) in [4.78, 5) is 11.0. The number of carbonyl (C=O) groups excluding carboxylic acids is 1. The molecule has 2 aromatic carbocycles. The first kappa shape index (κ1) is 14.5. The van der Waals surface area contributed by atoms with E-state index in [2.05, 4.69) is 0 Å². The summed E-state index contributed by atoms with van der Waals surface area (Å²) in [6.07, 6.45) is 0.0728. The lowest BCUT2D eigenvalue weighted by atomic mass is 10.2. The van der Waals surface area contributed by atoms with Crippen LogP contribution in [0.1, 0.15) is 6.92 Å². The predicted octanol–water partition coefficient (Wildman–Crippen LogP) is 1.39. The third-order valence-corrected chi connectivity index (χ3v) is 6.61. The van der Waals surface area contributed by atoms with Crippen LogP contribution >= 0.6 is 7.14 Å². The van der Waals surface area contributed by atoms with Gasteiger partial charge in [0.25, 0.3) is 0 Å². The van der Waals surface area contributed by atoms with Crippen molar-refractivity contribution in [3.05, 3.63) is 60.7 Å². The molecule has 0 aliphatic carbocycles. The molecule has 0 fully saturated rings. The van der Waals surface area contributed by atoms with Gasteiger partial charge in [0.15, 0.2) is 0 Å². The zero-order valence-corrected chi connectivity index (χ0v) is 12.1.